The van der Waals surface area contributed by atoms with Crippen molar-refractivity contribution < 1.29 is 4.79 Å². The molecule has 0 aliphatic carbocycles. The van der Waals surface area contributed by atoms with Crippen LogP contribution in [0.1, 0.15) is 25.3 Å². The first-order valence-electron chi connectivity index (χ1n) is 6.08. The zero-order valence-electron chi connectivity index (χ0n) is 10.1. The van der Waals surface area contributed by atoms with Crippen LogP contribution in [0.25, 0.3) is 11.0 Å². The molecule has 5 heteroatoms. The highest BCUT2D eigenvalue weighted by atomic mass is 16.2. The highest BCUT2D eigenvalue weighted by Crippen LogP contribution is 2.22. The van der Waals surface area contributed by atoms with E-state index in [-0.39, 0.29) is 11.8 Å². The molecule has 1 aromatic carbocycles. The van der Waals surface area contributed by atoms with Crippen LogP contribution in [0.5, 0.6) is 0 Å². The number of rotatable bonds is 2. The summed E-state index contributed by atoms with van der Waals surface area (Å²) in [6, 6.07) is 6.00. The van der Waals surface area contributed by atoms with Gasteiger partial charge < -0.3 is 4.98 Å². The van der Waals surface area contributed by atoms with Crippen LogP contribution < -0.4 is 5.43 Å². The van der Waals surface area contributed by atoms with Gasteiger partial charge in [0.15, 0.2) is 0 Å². The van der Waals surface area contributed by atoms with Crippen LogP contribution in [-0.4, -0.2) is 21.6 Å². The molecule has 3 rings (SSSR count). The van der Waals surface area contributed by atoms with Gasteiger partial charge in [-0.3, -0.25) is 4.79 Å². The van der Waals surface area contributed by atoms with Crippen LogP contribution in [0, 0.1) is 5.92 Å². The number of fused-ring (bicyclic) bond motifs is 1. The molecule has 2 aromatic rings. The van der Waals surface area contributed by atoms with E-state index in [0.29, 0.717) is 6.42 Å². The van der Waals surface area contributed by atoms with E-state index in [0.717, 1.165) is 28.7 Å². The fourth-order valence-corrected chi connectivity index (χ4v) is 2.31. The molecule has 1 aromatic heterocycles. The van der Waals surface area contributed by atoms with Gasteiger partial charge in [-0.25, -0.2) is 10.4 Å². The standard InChI is InChI=1S/C13H14N4O/c1-2-8-6-12(18)16-17-13(8)9-3-4-10-11(5-9)15-7-14-10/h3-5,7-8H,2,6H2,1H3,(H,14,15)(H,16,18). The van der Waals surface area contributed by atoms with Crippen LogP contribution in [0.2, 0.25) is 0 Å². The van der Waals surface area contributed by atoms with Crippen LogP contribution in [0.4, 0.5) is 0 Å². The number of imidazole rings is 1. The molecule has 1 aliphatic rings. The van der Waals surface area contributed by atoms with E-state index in [4.69, 9.17) is 0 Å². The second-order valence-corrected chi connectivity index (χ2v) is 4.48. The summed E-state index contributed by atoms with van der Waals surface area (Å²) in [6.07, 6.45) is 3.10. The third-order valence-corrected chi connectivity index (χ3v) is 3.33. The van der Waals surface area contributed by atoms with Crippen molar-refractivity contribution in [1.82, 2.24) is 15.4 Å². The van der Waals surface area contributed by atoms with E-state index in [1.807, 2.05) is 18.2 Å². The molecule has 0 radical (unpaired) electrons. The van der Waals surface area contributed by atoms with Crippen LogP contribution >= 0.6 is 0 Å². The fraction of sp³-hybridized carbons (Fsp3) is 0.308. The Labute approximate surface area is 104 Å². The van der Waals surface area contributed by atoms with Gasteiger partial charge in [-0.2, -0.15) is 5.10 Å². The maximum absolute atomic E-state index is 11.3. The summed E-state index contributed by atoms with van der Waals surface area (Å²) in [7, 11) is 0. The largest absolute Gasteiger partial charge is 0.345 e. The topological polar surface area (TPSA) is 70.1 Å². The molecule has 2 heterocycles. The van der Waals surface area contributed by atoms with Gasteiger partial charge in [-0.1, -0.05) is 13.0 Å². The molecule has 1 atom stereocenters. The zero-order valence-corrected chi connectivity index (χ0v) is 10.1. The number of benzene rings is 1. The Morgan fingerprint density at radius 1 is 1.44 bits per heavy atom. The molecule has 18 heavy (non-hydrogen) atoms. The highest BCUT2D eigenvalue weighted by molar-refractivity contribution is 6.07. The Hall–Kier alpha value is -2.17. The fourth-order valence-electron chi connectivity index (χ4n) is 2.31. The predicted octanol–water partition coefficient (Wildman–Crippen LogP) is 1.81. The van der Waals surface area contributed by atoms with E-state index in [1.54, 1.807) is 6.33 Å². The van der Waals surface area contributed by atoms with Crippen LogP contribution in [0.15, 0.2) is 29.6 Å². The van der Waals surface area contributed by atoms with Gasteiger partial charge in [0.2, 0.25) is 5.91 Å². The van der Waals surface area contributed by atoms with E-state index < -0.39 is 0 Å². The first-order chi connectivity index (χ1) is 8.78. The molecule has 0 saturated heterocycles. The second-order valence-electron chi connectivity index (χ2n) is 4.48. The van der Waals surface area contributed by atoms with Crippen molar-refractivity contribution in [2.45, 2.75) is 19.8 Å². The van der Waals surface area contributed by atoms with Crippen molar-refractivity contribution in [3.63, 3.8) is 0 Å². The second kappa shape index (κ2) is 4.25. The number of hydrazone groups is 1. The lowest BCUT2D eigenvalue weighted by atomic mass is 9.90. The average Bonchev–Trinajstić information content (AvgIpc) is 2.85. The maximum atomic E-state index is 11.3. The number of carbonyl (C=O) groups is 1. The molecule has 0 fully saturated rings. The lowest BCUT2D eigenvalue weighted by Crippen LogP contribution is -2.33. The molecular formula is C13H14N4O. The molecule has 1 unspecified atom stereocenters. The van der Waals surface area contributed by atoms with Gasteiger partial charge in [-0.05, 0) is 18.6 Å². The third kappa shape index (κ3) is 1.77. The minimum Gasteiger partial charge on any atom is -0.345 e. The highest BCUT2D eigenvalue weighted by Gasteiger charge is 2.24. The number of carbonyl (C=O) groups excluding carboxylic acids is 1. The smallest absolute Gasteiger partial charge is 0.240 e. The van der Waals surface area contributed by atoms with Crippen LogP contribution in [-0.2, 0) is 4.79 Å². The van der Waals surface area contributed by atoms with Gasteiger partial charge in [0.05, 0.1) is 23.1 Å². The molecule has 1 amide bonds. The van der Waals surface area contributed by atoms with Gasteiger partial charge in [0.1, 0.15) is 0 Å². The number of hydrogen-bond acceptors (Lipinski definition) is 3. The van der Waals surface area contributed by atoms with Crippen molar-refractivity contribution in [2.75, 3.05) is 0 Å². The SMILES string of the molecule is CCC1CC(=O)NN=C1c1ccc2nc[nH]c2c1. The Kier molecular flexibility index (Phi) is 2.59. The molecule has 5 nitrogen and oxygen atoms in total. The van der Waals surface area contributed by atoms with Crippen molar-refractivity contribution in [3.8, 4) is 0 Å². The number of nitrogens with zero attached hydrogens (tertiary/aromatic N) is 2. The summed E-state index contributed by atoms with van der Waals surface area (Å²) in [5, 5.41) is 4.21. The van der Waals surface area contributed by atoms with Crippen molar-refractivity contribution in [1.29, 1.82) is 0 Å². The lowest BCUT2D eigenvalue weighted by Gasteiger charge is -2.21. The summed E-state index contributed by atoms with van der Waals surface area (Å²) >= 11 is 0. The van der Waals surface area contributed by atoms with Gasteiger partial charge in [0, 0.05) is 17.9 Å². The lowest BCUT2D eigenvalue weighted by molar-refractivity contribution is -0.122. The van der Waals surface area contributed by atoms with E-state index in [9.17, 15) is 4.79 Å². The summed E-state index contributed by atoms with van der Waals surface area (Å²) < 4.78 is 0. The minimum atomic E-state index is -0.00628. The minimum absolute atomic E-state index is 0.00628. The normalized spacial score (nSPS) is 19.7. The Bertz CT molecular complexity index is 629. The van der Waals surface area contributed by atoms with Crippen LogP contribution in [0.3, 0.4) is 0 Å². The number of aromatic nitrogens is 2. The molecule has 0 saturated carbocycles. The van der Waals surface area contributed by atoms with Crippen molar-refractivity contribution in [2.24, 2.45) is 11.0 Å². The van der Waals surface area contributed by atoms with Crippen molar-refractivity contribution in [3.05, 3.63) is 30.1 Å². The number of nitrogens with one attached hydrogen (secondary N) is 2. The monoisotopic (exact) mass is 242 g/mol. The van der Waals surface area contributed by atoms with Gasteiger partial charge in [0.25, 0.3) is 0 Å². The average molecular weight is 242 g/mol. The summed E-state index contributed by atoms with van der Waals surface area (Å²) in [4.78, 5) is 18.6. The molecule has 1 aliphatic heterocycles. The summed E-state index contributed by atoms with van der Waals surface area (Å²) in [6.45, 7) is 2.08. The van der Waals surface area contributed by atoms with E-state index in [2.05, 4.69) is 27.4 Å². The Balaban J connectivity index is 2.04. The number of amides is 1. The first kappa shape index (κ1) is 11.0. The maximum Gasteiger partial charge on any atom is 0.240 e. The first-order valence-corrected chi connectivity index (χ1v) is 6.08. The number of H-pyrrole nitrogens is 1. The number of hydrogen-bond donors (Lipinski definition) is 2. The molecule has 0 bridgehead atoms. The Morgan fingerprint density at radius 2 is 2.33 bits per heavy atom. The van der Waals surface area contributed by atoms with Gasteiger partial charge >= 0.3 is 0 Å². The summed E-state index contributed by atoms with van der Waals surface area (Å²) in [5.41, 5.74) is 6.48. The van der Waals surface area contributed by atoms with Crippen molar-refractivity contribution >= 4 is 22.7 Å². The zero-order chi connectivity index (χ0) is 12.5. The Morgan fingerprint density at radius 3 is 3.17 bits per heavy atom. The quantitative estimate of drug-likeness (QED) is 0.843. The predicted molar refractivity (Wildman–Crippen MR) is 69.2 cm³/mol. The summed E-state index contributed by atoms with van der Waals surface area (Å²) in [5.74, 6) is 0.187. The van der Waals surface area contributed by atoms with E-state index in [1.165, 1.54) is 0 Å². The third-order valence-electron chi connectivity index (χ3n) is 3.33. The van der Waals surface area contributed by atoms with Gasteiger partial charge in [-0.15, -0.1) is 0 Å². The number of aromatic amines is 1. The molecule has 0 spiro atoms. The van der Waals surface area contributed by atoms with E-state index >= 15 is 0 Å². The molecular weight excluding hydrogens is 228 g/mol. The molecule has 2 N–H and O–H groups in total. The molecule has 92 valence electrons.